The molecule has 0 aromatic heterocycles. The highest BCUT2D eigenvalue weighted by molar-refractivity contribution is 6.33. The highest BCUT2D eigenvalue weighted by Crippen LogP contribution is 2.27. The molecule has 2 unspecified atom stereocenters. The lowest BCUT2D eigenvalue weighted by molar-refractivity contribution is 0.0919. The van der Waals surface area contributed by atoms with Gasteiger partial charge in [-0.25, -0.2) is 0 Å². The largest absolute Gasteiger partial charge is 0.508 e. The molecule has 2 N–H and O–H groups in total. The lowest BCUT2D eigenvalue weighted by Crippen LogP contribution is -2.38. The zero-order valence-corrected chi connectivity index (χ0v) is 11.9. The van der Waals surface area contributed by atoms with E-state index in [-0.39, 0.29) is 17.7 Å². The standard InChI is InChI=1S/C15H20ClNO2/c1-2-10-4-3-5-11(8-10)17-15(19)13-9-12(18)6-7-14(13)16/h6-7,9-11,18H,2-5,8H2,1H3,(H,17,19). The van der Waals surface area contributed by atoms with Gasteiger partial charge in [-0.05, 0) is 37.0 Å². The maximum Gasteiger partial charge on any atom is 0.253 e. The number of carbonyl (C=O) groups is 1. The summed E-state index contributed by atoms with van der Waals surface area (Å²) in [6, 6.07) is 4.66. The summed E-state index contributed by atoms with van der Waals surface area (Å²) >= 11 is 5.99. The van der Waals surface area contributed by atoms with Crippen LogP contribution in [0.15, 0.2) is 18.2 Å². The topological polar surface area (TPSA) is 49.3 Å². The van der Waals surface area contributed by atoms with Crippen molar-refractivity contribution in [1.29, 1.82) is 0 Å². The Morgan fingerprint density at radius 3 is 3.00 bits per heavy atom. The molecule has 4 heteroatoms. The molecule has 0 bridgehead atoms. The Kier molecular flexibility index (Phi) is 4.70. The van der Waals surface area contributed by atoms with Gasteiger partial charge in [0.05, 0.1) is 10.6 Å². The van der Waals surface area contributed by atoms with Gasteiger partial charge in [0, 0.05) is 6.04 Å². The number of phenolic OH excluding ortho intramolecular Hbond substituents is 1. The van der Waals surface area contributed by atoms with Crippen LogP contribution in [-0.4, -0.2) is 17.1 Å². The lowest BCUT2D eigenvalue weighted by atomic mass is 9.84. The van der Waals surface area contributed by atoms with E-state index < -0.39 is 0 Å². The molecule has 1 aliphatic carbocycles. The first-order valence-electron chi connectivity index (χ1n) is 6.89. The van der Waals surface area contributed by atoms with Crippen molar-refractivity contribution in [2.75, 3.05) is 0 Å². The molecule has 2 atom stereocenters. The van der Waals surface area contributed by atoms with E-state index in [9.17, 15) is 9.90 Å². The monoisotopic (exact) mass is 281 g/mol. The number of benzene rings is 1. The zero-order chi connectivity index (χ0) is 13.8. The second kappa shape index (κ2) is 6.29. The van der Waals surface area contributed by atoms with E-state index in [0.717, 1.165) is 19.3 Å². The van der Waals surface area contributed by atoms with E-state index in [1.54, 1.807) is 6.07 Å². The van der Waals surface area contributed by atoms with Gasteiger partial charge >= 0.3 is 0 Å². The molecule has 0 heterocycles. The number of hydrogen-bond acceptors (Lipinski definition) is 2. The minimum Gasteiger partial charge on any atom is -0.508 e. The summed E-state index contributed by atoms with van der Waals surface area (Å²) in [6.07, 6.45) is 5.66. The van der Waals surface area contributed by atoms with Crippen LogP contribution < -0.4 is 5.32 Å². The van der Waals surface area contributed by atoms with E-state index in [1.807, 2.05) is 0 Å². The second-order valence-electron chi connectivity index (χ2n) is 5.28. The van der Waals surface area contributed by atoms with Crippen LogP contribution in [-0.2, 0) is 0 Å². The number of aromatic hydroxyl groups is 1. The molecule has 0 spiro atoms. The number of halogens is 1. The van der Waals surface area contributed by atoms with Crippen molar-refractivity contribution in [3.63, 3.8) is 0 Å². The van der Waals surface area contributed by atoms with Crippen molar-refractivity contribution in [2.45, 2.75) is 45.1 Å². The quantitative estimate of drug-likeness (QED) is 0.887. The van der Waals surface area contributed by atoms with Gasteiger partial charge in [-0.3, -0.25) is 4.79 Å². The van der Waals surface area contributed by atoms with Crippen molar-refractivity contribution >= 4 is 17.5 Å². The molecule has 3 nitrogen and oxygen atoms in total. The molecule has 0 saturated heterocycles. The fourth-order valence-electron chi connectivity index (χ4n) is 2.74. The van der Waals surface area contributed by atoms with Crippen LogP contribution in [0, 0.1) is 5.92 Å². The second-order valence-corrected chi connectivity index (χ2v) is 5.68. The van der Waals surface area contributed by atoms with Gasteiger partial charge in [0.25, 0.3) is 5.91 Å². The third-order valence-electron chi connectivity index (χ3n) is 3.89. The summed E-state index contributed by atoms with van der Waals surface area (Å²) in [5.41, 5.74) is 0.347. The lowest BCUT2D eigenvalue weighted by Gasteiger charge is -2.29. The molecule has 0 aliphatic heterocycles. The highest BCUT2D eigenvalue weighted by Gasteiger charge is 2.23. The van der Waals surface area contributed by atoms with Gasteiger partial charge in [-0.1, -0.05) is 37.8 Å². The molecule has 1 amide bonds. The third-order valence-corrected chi connectivity index (χ3v) is 4.22. The average Bonchev–Trinajstić information content (AvgIpc) is 2.41. The SMILES string of the molecule is CCC1CCCC(NC(=O)c2cc(O)ccc2Cl)C1. The number of nitrogens with one attached hydrogen (secondary N) is 1. The predicted molar refractivity (Wildman–Crippen MR) is 76.6 cm³/mol. The molecule has 104 valence electrons. The summed E-state index contributed by atoms with van der Waals surface area (Å²) < 4.78 is 0. The normalized spacial score (nSPS) is 23.1. The van der Waals surface area contributed by atoms with Gasteiger partial charge < -0.3 is 10.4 Å². The number of phenols is 1. The first kappa shape index (κ1) is 14.2. The molecular formula is C15H20ClNO2. The maximum absolute atomic E-state index is 12.2. The Hall–Kier alpha value is -1.22. The third kappa shape index (κ3) is 3.63. The fraction of sp³-hybridized carbons (Fsp3) is 0.533. The molecular weight excluding hydrogens is 262 g/mol. The fourth-order valence-corrected chi connectivity index (χ4v) is 2.95. The molecule has 1 aliphatic rings. The predicted octanol–water partition coefficient (Wildman–Crippen LogP) is 3.74. The van der Waals surface area contributed by atoms with Crippen LogP contribution in [0.25, 0.3) is 0 Å². The van der Waals surface area contributed by atoms with E-state index in [0.29, 0.717) is 16.5 Å². The Labute approximate surface area is 119 Å². The summed E-state index contributed by atoms with van der Waals surface area (Å²) in [5.74, 6) is 0.575. The minimum atomic E-state index is -0.192. The van der Waals surface area contributed by atoms with Gasteiger partial charge in [-0.15, -0.1) is 0 Å². The zero-order valence-electron chi connectivity index (χ0n) is 11.2. The Balaban J connectivity index is 2.02. The first-order chi connectivity index (χ1) is 9.10. The van der Waals surface area contributed by atoms with E-state index in [2.05, 4.69) is 12.2 Å². The highest BCUT2D eigenvalue weighted by atomic mass is 35.5. The van der Waals surface area contributed by atoms with Crippen LogP contribution in [0.5, 0.6) is 5.75 Å². The molecule has 1 fully saturated rings. The van der Waals surface area contributed by atoms with Gasteiger partial charge in [0.1, 0.15) is 5.75 Å². The molecule has 1 saturated carbocycles. The number of rotatable bonds is 3. The first-order valence-corrected chi connectivity index (χ1v) is 7.27. The minimum absolute atomic E-state index is 0.0598. The summed E-state index contributed by atoms with van der Waals surface area (Å²) in [6.45, 7) is 2.20. The average molecular weight is 282 g/mol. The number of hydrogen-bond donors (Lipinski definition) is 2. The van der Waals surface area contributed by atoms with Crippen LogP contribution >= 0.6 is 11.6 Å². The number of amides is 1. The molecule has 1 aromatic rings. The molecule has 0 radical (unpaired) electrons. The summed E-state index contributed by atoms with van der Waals surface area (Å²) in [4.78, 5) is 12.2. The smallest absolute Gasteiger partial charge is 0.253 e. The van der Waals surface area contributed by atoms with E-state index >= 15 is 0 Å². The van der Waals surface area contributed by atoms with E-state index in [1.165, 1.54) is 25.0 Å². The maximum atomic E-state index is 12.2. The molecule has 2 rings (SSSR count). The van der Waals surface area contributed by atoms with Crippen molar-refractivity contribution in [3.8, 4) is 5.75 Å². The van der Waals surface area contributed by atoms with Crippen LogP contribution in [0.3, 0.4) is 0 Å². The van der Waals surface area contributed by atoms with Crippen LogP contribution in [0.4, 0.5) is 0 Å². The van der Waals surface area contributed by atoms with Crippen molar-refractivity contribution in [1.82, 2.24) is 5.32 Å². The van der Waals surface area contributed by atoms with Crippen LogP contribution in [0.2, 0.25) is 5.02 Å². The van der Waals surface area contributed by atoms with Gasteiger partial charge in [0.2, 0.25) is 0 Å². The Bertz CT molecular complexity index is 461. The summed E-state index contributed by atoms with van der Waals surface area (Å²) in [7, 11) is 0. The molecule has 1 aromatic carbocycles. The van der Waals surface area contributed by atoms with Crippen LogP contribution in [0.1, 0.15) is 49.4 Å². The summed E-state index contributed by atoms with van der Waals surface area (Å²) in [5, 5.41) is 12.8. The van der Waals surface area contributed by atoms with Gasteiger partial charge in [0.15, 0.2) is 0 Å². The molecule has 19 heavy (non-hydrogen) atoms. The van der Waals surface area contributed by atoms with E-state index in [4.69, 9.17) is 11.6 Å². The van der Waals surface area contributed by atoms with Crippen molar-refractivity contribution in [2.24, 2.45) is 5.92 Å². The van der Waals surface area contributed by atoms with Crippen molar-refractivity contribution < 1.29 is 9.90 Å². The van der Waals surface area contributed by atoms with Gasteiger partial charge in [-0.2, -0.15) is 0 Å². The Morgan fingerprint density at radius 1 is 1.47 bits per heavy atom. The Morgan fingerprint density at radius 2 is 2.26 bits per heavy atom. The number of carbonyl (C=O) groups excluding carboxylic acids is 1. The van der Waals surface area contributed by atoms with Crippen molar-refractivity contribution in [3.05, 3.63) is 28.8 Å².